The lowest BCUT2D eigenvalue weighted by Gasteiger charge is -2.06. The molecule has 6 nitrogen and oxygen atoms in total. The van der Waals surface area contributed by atoms with E-state index in [4.69, 9.17) is 0 Å². The number of hydrogen-bond donors (Lipinski definition) is 3. The summed E-state index contributed by atoms with van der Waals surface area (Å²) in [7, 11) is 0. The Balaban J connectivity index is 1.90. The lowest BCUT2D eigenvalue weighted by atomic mass is 10.2. The third-order valence-electron chi connectivity index (χ3n) is 3.27. The van der Waals surface area contributed by atoms with E-state index in [0.717, 1.165) is 33.9 Å². The van der Waals surface area contributed by atoms with Crippen molar-refractivity contribution >= 4 is 16.9 Å². The van der Waals surface area contributed by atoms with E-state index in [1.807, 2.05) is 26.8 Å². The molecule has 0 radical (unpaired) electrons. The van der Waals surface area contributed by atoms with Gasteiger partial charge in [0.15, 0.2) is 0 Å². The van der Waals surface area contributed by atoms with Crippen LogP contribution in [0.2, 0.25) is 0 Å². The maximum Gasteiger partial charge on any atom is 0.143 e. The van der Waals surface area contributed by atoms with Crippen molar-refractivity contribution in [2.45, 2.75) is 27.3 Å². The number of nitrogens with zero attached hydrogens (tertiary/aromatic N) is 3. The van der Waals surface area contributed by atoms with Gasteiger partial charge in [0.05, 0.1) is 11.1 Å². The maximum absolute atomic E-state index is 4.31. The van der Waals surface area contributed by atoms with Crippen LogP contribution in [-0.4, -0.2) is 25.1 Å². The van der Waals surface area contributed by atoms with Gasteiger partial charge in [-0.25, -0.2) is 9.97 Å². The van der Waals surface area contributed by atoms with Gasteiger partial charge in [0.1, 0.15) is 17.8 Å². The van der Waals surface area contributed by atoms with Crippen molar-refractivity contribution in [2.75, 3.05) is 5.32 Å². The predicted octanol–water partition coefficient (Wildman–Crippen LogP) is 2.22. The molecular weight excluding hydrogens is 240 g/mol. The van der Waals surface area contributed by atoms with Crippen molar-refractivity contribution in [1.82, 2.24) is 25.1 Å². The zero-order chi connectivity index (χ0) is 13.4. The molecule has 19 heavy (non-hydrogen) atoms. The van der Waals surface area contributed by atoms with Crippen LogP contribution in [0.1, 0.15) is 22.6 Å². The highest BCUT2D eigenvalue weighted by Crippen LogP contribution is 2.21. The first-order valence-electron chi connectivity index (χ1n) is 6.20. The van der Waals surface area contributed by atoms with Gasteiger partial charge >= 0.3 is 0 Å². The van der Waals surface area contributed by atoms with Crippen LogP contribution in [0.5, 0.6) is 0 Å². The average Bonchev–Trinajstić information content (AvgIpc) is 2.90. The fraction of sp³-hybridized carbons (Fsp3) is 0.308. The lowest BCUT2D eigenvalue weighted by molar-refractivity contribution is 1.02. The number of nitrogens with one attached hydrogen (secondary N) is 3. The number of H-pyrrole nitrogens is 2. The number of aryl methyl sites for hydroxylation is 3. The van der Waals surface area contributed by atoms with Crippen molar-refractivity contribution < 1.29 is 0 Å². The zero-order valence-electron chi connectivity index (χ0n) is 11.2. The molecule has 3 aromatic rings. The second-order valence-electron chi connectivity index (χ2n) is 4.70. The number of rotatable bonds is 3. The molecule has 3 N–H and O–H groups in total. The van der Waals surface area contributed by atoms with E-state index in [-0.39, 0.29) is 0 Å². The van der Waals surface area contributed by atoms with Crippen LogP contribution in [0, 0.1) is 20.8 Å². The van der Waals surface area contributed by atoms with Gasteiger partial charge in [-0.2, -0.15) is 5.10 Å². The Morgan fingerprint density at radius 1 is 1.21 bits per heavy atom. The molecule has 3 rings (SSSR count). The minimum absolute atomic E-state index is 0.699. The first kappa shape index (κ1) is 11.7. The van der Waals surface area contributed by atoms with E-state index in [9.17, 15) is 0 Å². The second-order valence-corrected chi connectivity index (χ2v) is 4.70. The number of fused-ring (bicyclic) bond motifs is 1. The van der Waals surface area contributed by atoms with Crippen LogP contribution >= 0.6 is 0 Å². The minimum Gasteiger partial charge on any atom is -0.365 e. The van der Waals surface area contributed by atoms with Crippen LogP contribution in [0.3, 0.4) is 0 Å². The summed E-state index contributed by atoms with van der Waals surface area (Å²) >= 11 is 0. The van der Waals surface area contributed by atoms with Crippen molar-refractivity contribution in [3.63, 3.8) is 0 Å². The molecule has 3 aromatic heterocycles. The fourth-order valence-electron chi connectivity index (χ4n) is 2.22. The summed E-state index contributed by atoms with van der Waals surface area (Å²) in [5.41, 5.74) is 5.21. The lowest BCUT2D eigenvalue weighted by Crippen LogP contribution is -2.03. The summed E-state index contributed by atoms with van der Waals surface area (Å²) in [5.74, 6) is 0.842. The summed E-state index contributed by atoms with van der Waals surface area (Å²) in [4.78, 5) is 11.7. The van der Waals surface area contributed by atoms with Crippen LogP contribution in [-0.2, 0) is 6.54 Å². The van der Waals surface area contributed by atoms with E-state index >= 15 is 0 Å². The van der Waals surface area contributed by atoms with Gasteiger partial charge in [-0.3, -0.25) is 5.10 Å². The number of aromatic nitrogens is 5. The molecule has 0 aliphatic heterocycles. The van der Waals surface area contributed by atoms with Crippen molar-refractivity contribution in [2.24, 2.45) is 0 Å². The molecule has 0 bridgehead atoms. The number of hydrogen-bond acceptors (Lipinski definition) is 4. The topological polar surface area (TPSA) is 82.3 Å². The highest BCUT2D eigenvalue weighted by molar-refractivity contribution is 5.87. The minimum atomic E-state index is 0.699. The average molecular weight is 256 g/mol. The van der Waals surface area contributed by atoms with Gasteiger partial charge in [-0.15, -0.1) is 0 Å². The molecule has 0 atom stereocenters. The Bertz CT molecular complexity index is 704. The molecule has 0 aliphatic carbocycles. The van der Waals surface area contributed by atoms with Gasteiger partial charge in [0, 0.05) is 23.5 Å². The van der Waals surface area contributed by atoms with Crippen LogP contribution in [0.25, 0.3) is 11.0 Å². The highest BCUT2D eigenvalue weighted by Gasteiger charge is 2.09. The predicted molar refractivity (Wildman–Crippen MR) is 74.0 cm³/mol. The number of aromatic amines is 2. The smallest absolute Gasteiger partial charge is 0.143 e. The Morgan fingerprint density at radius 3 is 2.79 bits per heavy atom. The first-order chi connectivity index (χ1) is 9.15. The van der Waals surface area contributed by atoms with Crippen LogP contribution < -0.4 is 5.32 Å². The molecule has 0 saturated heterocycles. The molecule has 0 saturated carbocycles. The summed E-state index contributed by atoms with van der Waals surface area (Å²) < 4.78 is 0. The van der Waals surface area contributed by atoms with Crippen LogP contribution in [0.4, 0.5) is 5.82 Å². The van der Waals surface area contributed by atoms with Gasteiger partial charge in [0.25, 0.3) is 0 Å². The van der Waals surface area contributed by atoms with Crippen molar-refractivity contribution in [1.29, 1.82) is 0 Å². The molecule has 0 spiro atoms. The largest absolute Gasteiger partial charge is 0.365 e. The molecular formula is C13H16N6. The molecule has 98 valence electrons. The molecule has 0 amide bonds. The van der Waals surface area contributed by atoms with Crippen LogP contribution in [0.15, 0.2) is 12.4 Å². The third kappa shape index (κ3) is 2.05. The van der Waals surface area contributed by atoms with E-state index < -0.39 is 0 Å². The summed E-state index contributed by atoms with van der Waals surface area (Å²) in [6, 6.07) is 2.05. The molecule has 0 fully saturated rings. The quantitative estimate of drug-likeness (QED) is 0.671. The fourth-order valence-corrected chi connectivity index (χ4v) is 2.22. The SMILES string of the molecule is Cc1cc2c(NCc3c(C)n[nH]c3C)ncnc2[nH]1. The summed E-state index contributed by atoms with van der Waals surface area (Å²) in [6.07, 6.45) is 1.57. The van der Waals surface area contributed by atoms with Gasteiger partial charge in [-0.05, 0) is 26.8 Å². The monoisotopic (exact) mass is 256 g/mol. The Kier molecular flexibility index (Phi) is 2.70. The van der Waals surface area contributed by atoms with E-state index in [0.29, 0.717) is 6.54 Å². The van der Waals surface area contributed by atoms with Gasteiger partial charge in [-0.1, -0.05) is 0 Å². The van der Waals surface area contributed by atoms with E-state index in [1.165, 1.54) is 5.56 Å². The van der Waals surface area contributed by atoms with Gasteiger partial charge < -0.3 is 10.3 Å². The normalized spacial score (nSPS) is 11.1. The maximum atomic E-state index is 4.31. The Morgan fingerprint density at radius 2 is 2.05 bits per heavy atom. The van der Waals surface area contributed by atoms with Crippen molar-refractivity contribution in [3.05, 3.63) is 35.0 Å². The molecule has 6 heteroatoms. The van der Waals surface area contributed by atoms with Crippen molar-refractivity contribution in [3.8, 4) is 0 Å². The Labute approximate surface area is 110 Å². The number of anilines is 1. The first-order valence-corrected chi connectivity index (χ1v) is 6.20. The molecule has 0 aromatic carbocycles. The molecule has 3 heterocycles. The third-order valence-corrected chi connectivity index (χ3v) is 3.27. The standard InChI is InChI=1S/C13H16N6/c1-7-4-10-12(15-6-16-13(10)17-7)14-5-11-8(2)18-19-9(11)3/h4,6H,5H2,1-3H3,(H,18,19)(H2,14,15,16,17). The van der Waals surface area contributed by atoms with E-state index in [2.05, 4.69) is 30.5 Å². The second kappa shape index (κ2) is 4.38. The highest BCUT2D eigenvalue weighted by atomic mass is 15.1. The van der Waals surface area contributed by atoms with Gasteiger partial charge in [0.2, 0.25) is 0 Å². The molecule has 0 aliphatic rings. The Hall–Kier alpha value is -2.37. The molecule has 0 unspecified atom stereocenters. The summed E-state index contributed by atoms with van der Waals surface area (Å²) in [6.45, 7) is 6.73. The summed E-state index contributed by atoms with van der Waals surface area (Å²) in [5, 5.41) is 11.5. The zero-order valence-corrected chi connectivity index (χ0v) is 11.2. The van der Waals surface area contributed by atoms with E-state index in [1.54, 1.807) is 6.33 Å².